The summed E-state index contributed by atoms with van der Waals surface area (Å²) in [7, 11) is 0. The van der Waals surface area contributed by atoms with E-state index >= 15 is 0 Å². The first-order valence-electron chi connectivity index (χ1n) is 7.87. The molecule has 0 radical (unpaired) electrons. The molecular weight excluding hydrogens is 286 g/mol. The van der Waals surface area contributed by atoms with Crippen LogP contribution in [-0.4, -0.2) is 12.1 Å². The van der Waals surface area contributed by atoms with E-state index in [0.717, 1.165) is 25.0 Å². The van der Waals surface area contributed by atoms with Gasteiger partial charge in [0.15, 0.2) is 0 Å². The van der Waals surface area contributed by atoms with Gasteiger partial charge in [0, 0.05) is 11.5 Å². The molecule has 3 rings (SSSR count). The van der Waals surface area contributed by atoms with E-state index in [1.54, 1.807) is 0 Å². The summed E-state index contributed by atoms with van der Waals surface area (Å²) in [6, 6.07) is 3.26. The number of fused-ring (bicyclic) bond motifs is 2. The van der Waals surface area contributed by atoms with Crippen LogP contribution in [0.5, 0.6) is 0 Å². The van der Waals surface area contributed by atoms with Gasteiger partial charge >= 0.3 is 5.97 Å². The van der Waals surface area contributed by atoms with Crippen molar-refractivity contribution in [2.75, 3.05) is 0 Å². The average Bonchev–Trinajstić information content (AvgIpc) is 2.75. The van der Waals surface area contributed by atoms with Crippen LogP contribution >= 0.6 is 0 Å². The SMILES string of the molecule is CC1(C)[C@H]2CC[C@]1(C)[C@H](OC(=O)Cc1ccc(F)cc1F)C2. The predicted molar refractivity (Wildman–Crippen MR) is 79.2 cm³/mol. The first-order chi connectivity index (χ1) is 10.2. The summed E-state index contributed by atoms with van der Waals surface area (Å²) in [6.07, 6.45) is 2.89. The molecule has 2 saturated carbocycles. The average molecular weight is 308 g/mol. The normalized spacial score (nSPS) is 32.2. The second-order valence-corrected chi connectivity index (χ2v) is 7.50. The Labute approximate surface area is 129 Å². The number of esters is 1. The Morgan fingerprint density at radius 1 is 1.32 bits per heavy atom. The Bertz CT molecular complexity index is 611. The van der Waals surface area contributed by atoms with Crippen molar-refractivity contribution in [3.8, 4) is 0 Å². The number of hydrogen-bond donors (Lipinski definition) is 0. The van der Waals surface area contributed by atoms with Crippen molar-refractivity contribution in [1.29, 1.82) is 0 Å². The topological polar surface area (TPSA) is 26.3 Å². The van der Waals surface area contributed by atoms with Gasteiger partial charge in [-0.25, -0.2) is 8.78 Å². The number of rotatable bonds is 3. The van der Waals surface area contributed by atoms with Crippen molar-refractivity contribution < 1.29 is 18.3 Å². The quantitative estimate of drug-likeness (QED) is 0.780. The molecular formula is C18H22F2O2. The second-order valence-electron chi connectivity index (χ2n) is 7.50. The lowest BCUT2D eigenvalue weighted by molar-refractivity contribution is -0.156. The fourth-order valence-electron chi connectivity index (χ4n) is 4.33. The van der Waals surface area contributed by atoms with Gasteiger partial charge in [-0.05, 0) is 42.2 Å². The molecule has 0 heterocycles. The van der Waals surface area contributed by atoms with Crippen LogP contribution in [-0.2, 0) is 16.0 Å². The maximum absolute atomic E-state index is 13.6. The summed E-state index contributed by atoms with van der Waals surface area (Å²) < 4.78 is 32.2. The molecule has 0 unspecified atom stereocenters. The number of carbonyl (C=O) groups excluding carboxylic acids is 1. The van der Waals surface area contributed by atoms with E-state index < -0.39 is 17.6 Å². The summed E-state index contributed by atoms with van der Waals surface area (Å²) in [5.74, 6) is -1.19. The number of halogens is 2. The lowest BCUT2D eigenvalue weighted by Crippen LogP contribution is -2.38. The van der Waals surface area contributed by atoms with Crippen molar-refractivity contribution in [2.45, 2.75) is 52.6 Å². The molecule has 120 valence electrons. The van der Waals surface area contributed by atoms with E-state index in [1.807, 2.05) is 0 Å². The molecule has 2 fully saturated rings. The zero-order valence-corrected chi connectivity index (χ0v) is 13.3. The predicted octanol–water partition coefficient (Wildman–Crippen LogP) is 4.27. The maximum Gasteiger partial charge on any atom is 0.310 e. The van der Waals surface area contributed by atoms with E-state index in [2.05, 4.69) is 20.8 Å². The zero-order valence-electron chi connectivity index (χ0n) is 13.3. The summed E-state index contributed by atoms with van der Waals surface area (Å²) in [5.41, 5.74) is 0.340. The van der Waals surface area contributed by atoms with E-state index in [9.17, 15) is 13.6 Å². The molecule has 0 aromatic heterocycles. The van der Waals surface area contributed by atoms with Gasteiger partial charge in [0.2, 0.25) is 0 Å². The molecule has 2 aliphatic rings. The van der Waals surface area contributed by atoms with Gasteiger partial charge in [0.1, 0.15) is 17.7 Å². The second kappa shape index (κ2) is 5.04. The van der Waals surface area contributed by atoms with Gasteiger partial charge in [-0.1, -0.05) is 26.8 Å². The Morgan fingerprint density at radius 2 is 2.05 bits per heavy atom. The van der Waals surface area contributed by atoms with Crippen LogP contribution in [0.1, 0.15) is 45.6 Å². The molecule has 1 aromatic carbocycles. The van der Waals surface area contributed by atoms with Crippen molar-refractivity contribution in [2.24, 2.45) is 16.7 Å². The van der Waals surface area contributed by atoms with E-state index in [-0.39, 0.29) is 28.9 Å². The summed E-state index contributed by atoms with van der Waals surface area (Å²) in [6.45, 7) is 6.69. The highest BCUT2D eigenvalue weighted by Gasteiger charge is 2.62. The van der Waals surface area contributed by atoms with Gasteiger partial charge in [-0.15, -0.1) is 0 Å². The third kappa shape index (κ3) is 2.24. The van der Waals surface area contributed by atoms with Gasteiger partial charge in [0.25, 0.3) is 0 Å². The van der Waals surface area contributed by atoms with Crippen molar-refractivity contribution >= 4 is 5.97 Å². The minimum Gasteiger partial charge on any atom is -0.462 e. The molecule has 4 heteroatoms. The van der Waals surface area contributed by atoms with E-state index in [0.29, 0.717) is 5.92 Å². The van der Waals surface area contributed by atoms with Crippen LogP contribution in [0.15, 0.2) is 18.2 Å². The molecule has 0 saturated heterocycles. The fraction of sp³-hybridized carbons (Fsp3) is 0.611. The smallest absolute Gasteiger partial charge is 0.310 e. The highest BCUT2D eigenvalue weighted by Crippen LogP contribution is 2.66. The molecule has 1 aromatic rings. The number of benzene rings is 1. The minimum absolute atomic E-state index is 0.00529. The van der Waals surface area contributed by atoms with Crippen LogP contribution in [0.25, 0.3) is 0 Å². The van der Waals surface area contributed by atoms with Gasteiger partial charge in [-0.2, -0.15) is 0 Å². The van der Waals surface area contributed by atoms with Crippen LogP contribution in [0.2, 0.25) is 0 Å². The third-order valence-corrected chi connectivity index (χ3v) is 6.34. The molecule has 0 spiro atoms. The number of carbonyl (C=O) groups is 1. The summed E-state index contributed by atoms with van der Waals surface area (Å²) in [4.78, 5) is 12.2. The standard InChI is InChI=1S/C18H22F2O2/c1-17(2)12-6-7-18(17,3)15(9-12)22-16(21)8-11-4-5-13(19)10-14(11)20/h4-5,10,12,15H,6-9H2,1-3H3/t12-,15+,18+/m0/s1. The van der Waals surface area contributed by atoms with E-state index in [4.69, 9.17) is 4.74 Å². The molecule has 2 nitrogen and oxygen atoms in total. The highest BCUT2D eigenvalue weighted by atomic mass is 19.1. The largest absolute Gasteiger partial charge is 0.462 e. The zero-order chi connectivity index (χ0) is 16.1. The van der Waals surface area contributed by atoms with Gasteiger partial charge < -0.3 is 4.74 Å². The number of hydrogen-bond acceptors (Lipinski definition) is 2. The maximum atomic E-state index is 13.6. The van der Waals surface area contributed by atoms with Crippen LogP contribution in [0.4, 0.5) is 8.78 Å². The number of ether oxygens (including phenoxy) is 1. The van der Waals surface area contributed by atoms with E-state index in [1.165, 1.54) is 12.5 Å². The van der Waals surface area contributed by atoms with Crippen molar-refractivity contribution in [1.82, 2.24) is 0 Å². The first kappa shape index (κ1) is 15.4. The van der Waals surface area contributed by atoms with Crippen molar-refractivity contribution in [3.63, 3.8) is 0 Å². The first-order valence-corrected chi connectivity index (χ1v) is 7.87. The Balaban J connectivity index is 1.68. The lowest BCUT2D eigenvalue weighted by atomic mass is 9.70. The minimum atomic E-state index is -0.698. The Morgan fingerprint density at radius 3 is 2.59 bits per heavy atom. The van der Waals surface area contributed by atoms with Crippen LogP contribution in [0.3, 0.4) is 0 Å². The summed E-state index contributed by atoms with van der Waals surface area (Å²) >= 11 is 0. The fourth-order valence-corrected chi connectivity index (χ4v) is 4.33. The van der Waals surface area contributed by atoms with Gasteiger partial charge in [0.05, 0.1) is 6.42 Å². The molecule has 2 bridgehead atoms. The molecule has 0 N–H and O–H groups in total. The highest BCUT2D eigenvalue weighted by molar-refractivity contribution is 5.73. The molecule has 0 amide bonds. The third-order valence-electron chi connectivity index (χ3n) is 6.34. The lowest BCUT2D eigenvalue weighted by Gasteiger charge is -2.38. The van der Waals surface area contributed by atoms with Crippen LogP contribution in [0, 0.1) is 28.4 Å². The monoisotopic (exact) mass is 308 g/mol. The summed E-state index contributed by atoms with van der Waals surface area (Å²) in [5, 5.41) is 0. The van der Waals surface area contributed by atoms with Gasteiger partial charge in [-0.3, -0.25) is 4.79 Å². The molecule has 0 aliphatic heterocycles. The Hall–Kier alpha value is -1.45. The van der Waals surface area contributed by atoms with Crippen LogP contribution < -0.4 is 0 Å². The Kier molecular flexibility index (Phi) is 3.54. The molecule has 22 heavy (non-hydrogen) atoms. The molecule has 3 atom stereocenters. The van der Waals surface area contributed by atoms with Crippen molar-refractivity contribution in [3.05, 3.63) is 35.4 Å². The molecule has 2 aliphatic carbocycles.